The molecule has 0 radical (unpaired) electrons. The number of aliphatic hydroxyl groups excluding tert-OH is 1. The van der Waals surface area contributed by atoms with Gasteiger partial charge in [0.25, 0.3) is 0 Å². The monoisotopic (exact) mass is 272 g/mol. The number of anilines is 2. The van der Waals surface area contributed by atoms with E-state index in [0.29, 0.717) is 12.2 Å². The summed E-state index contributed by atoms with van der Waals surface area (Å²) in [5, 5.41) is 12.7. The molecule has 3 nitrogen and oxygen atoms in total. The second kappa shape index (κ2) is 5.98. The zero-order valence-electron chi connectivity index (χ0n) is 8.83. The smallest absolute Gasteiger partial charge is 0.0712 e. The minimum Gasteiger partial charge on any atom is -0.397 e. The molecular weight excluding hydrogens is 256 g/mol. The van der Waals surface area contributed by atoms with Crippen molar-refractivity contribution in [3.05, 3.63) is 22.7 Å². The number of hydrogen-bond acceptors (Lipinski definition) is 3. The van der Waals surface area contributed by atoms with E-state index in [9.17, 15) is 5.11 Å². The van der Waals surface area contributed by atoms with E-state index < -0.39 is 0 Å². The Morgan fingerprint density at radius 1 is 1.53 bits per heavy atom. The summed E-state index contributed by atoms with van der Waals surface area (Å²) in [4.78, 5) is 0. The fourth-order valence-corrected chi connectivity index (χ4v) is 1.74. The van der Waals surface area contributed by atoms with Crippen molar-refractivity contribution in [3.63, 3.8) is 0 Å². The van der Waals surface area contributed by atoms with Gasteiger partial charge in [-0.25, -0.2) is 0 Å². The van der Waals surface area contributed by atoms with Crippen LogP contribution in [0, 0.1) is 0 Å². The Hall–Kier alpha value is -0.740. The minimum atomic E-state index is -0.307. The Labute approximate surface area is 98.8 Å². The quantitative estimate of drug-likeness (QED) is 0.723. The molecule has 0 spiro atoms. The molecule has 0 aliphatic carbocycles. The molecule has 4 heteroatoms. The van der Waals surface area contributed by atoms with Gasteiger partial charge in [-0.2, -0.15) is 0 Å². The van der Waals surface area contributed by atoms with Gasteiger partial charge in [-0.1, -0.05) is 29.3 Å². The number of rotatable bonds is 5. The molecule has 0 heterocycles. The third-order valence-corrected chi connectivity index (χ3v) is 2.66. The molecule has 1 atom stereocenters. The molecule has 0 aliphatic heterocycles. The van der Waals surface area contributed by atoms with Crippen molar-refractivity contribution in [2.24, 2.45) is 0 Å². The van der Waals surface area contributed by atoms with E-state index >= 15 is 0 Å². The van der Waals surface area contributed by atoms with Crippen molar-refractivity contribution < 1.29 is 5.11 Å². The van der Waals surface area contributed by atoms with Crippen LogP contribution in [0.15, 0.2) is 22.7 Å². The molecule has 0 aromatic heterocycles. The first-order valence-corrected chi connectivity index (χ1v) is 5.89. The molecule has 0 aliphatic rings. The zero-order valence-corrected chi connectivity index (χ0v) is 10.4. The molecule has 0 saturated carbocycles. The van der Waals surface area contributed by atoms with Crippen LogP contribution < -0.4 is 11.1 Å². The fraction of sp³-hybridized carbons (Fsp3) is 0.455. The van der Waals surface area contributed by atoms with Gasteiger partial charge >= 0.3 is 0 Å². The Morgan fingerprint density at radius 2 is 2.27 bits per heavy atom. The van der Waals surface area contributed by atoms with Gasteiger partial charge in [-0.15, -0.1) is 0 Å². The number of nitrogens with two attached hydrogens (primary N) is 1. The maximum Gasteiger partial charge on any atom is 0.0712 e. The summed E-state index contributed by atoms with van der Waals surface area (Å²) in [7, 11) is 0. The largest absolute Gasteiger partial charge is 0.397 e. The van der Waals surface area contributed by atoms with Crippen molar-refractivity contribution in [1.29, 1.82) is 0 Å². The Bertz CT molecular complexity index is 317. The van der Waals surface area contributed by atoms with Crippen LogP contribution in [0.25, 0.3) is 0 Å². The predicted octanol–water partition coefficient (Wildman–Crippen LogP) is 2.60. The molecule has 0 amide bonds. The van der Waals surface area contributed by atoms with Gasteiger partial charge in [0, 0.05) is 11.0 Å². The first-order chi connectivity index (χ1) is 7.13. The van der Waals surface area contributed by atoms with Crippen LogP contribution in [0.4, 0.5) is 11.4 Å². The molecule has 15 heavy (non-hydrogen) atoms. The van der Waals surface area contributed by atoms with E-state index in [1.807, 2.05) is 18.2 Å². The van der Waals surface area contributed by atoms with E-state index in [1.54, 1.807) is 0 Å². The molecule has 4 N–H and O–H groups in total. The second-order valence-electron chi connectivity index (χ2n) is 3.55. The number of nitrogens with one attached hydrogen (secondary N) is 1. The van der Waals surface area contributed by atoms with Crippen molar-refractivity contribution in [3.8, 4) is 0 Å². The lowest BCUT2D eigenvalue weighted by Gasteiger charge is -2.13. The van der Waals surface area contributed by atoms with E-state index in [-0.39, 0.29) is 6.10 Å². The van der Waals surface area contributed by atoms with E-state index in [2.05, 4.69) is 28.2 Å². The van der Waals surface area contributed by atoms with Crippen LogP contribution in [0.3, 0.4) is 0 Å². The average molecular weight is 273 g/mol. The lowest BCUT2D eigenvalue weighted by Crippen LogP contribution is -2.19. The summed E-state index contributed by atoms with van der Waals surface area (Å²) < 4.78 is 0.958. The maximum atomic E-state index is 9.54. The van der Waals surface area contributed by atoms with E-state index in [4.69, 9.17) is 5.73 Å². The zero-order chi connectivity index (χ0) is 11.3. The first kappa shape index (κ1) is 12.3. The molecule has 1 aromatic rings. The van der Waals surface area contributed by atoms with Gasteiger partial charge in [0.15, 0.2) is 0 Å². The highest BCUT2D eigenvalue weighted by atomic mass is 79.9. The summed E-state index contributed by atoms with van der Waals surface area (Å²) in [6, 6.07) is 5.66. The third-order valence-electron chi connectivity index (χ3n) is 2.16. The van der Waals surface area contributed by atoms with Crippen LogP contribution >= 0.6 is 15.9 Å². The molecule has 0 saturated heterocycles. The Kier molecular flexibility index (Phi) is 4.91. The lowest BCUT2D eigenvalue weighted by atomic mass is 10.2. The standard InChI is InChI=1S/C11H17BrN2O/c1-2-3-9(15)7-14-11-5-4-8(12)6-10(11)13/h4-6,9,14-15H,2-3,7,13H2,1H3. The second-order valence-corrected chi connectivity index (χ2v) is 4.47. The van der Waals surface area contributed by atoms with Gasteiger partial charge < -0.3 is 16.2 Å². The molecule has 1 unspecified atom stereocenters. The molecule has 84 valence electrons. The normalized spacial score (nSPS) is 12.5. The van der Waals surface area contributed by atoms with Crippen LogP contribution in [0.5, 0.6) is 0 Å². The number of hydrogen-bond donors (Lipinski definition) is 3. The van der Waals surface area contributed by atoms with Gasteiger partial charge in [0.2, 0.25) is 0 Å². The number of nitrogen functional groups attached to an aromatic ring is 1. The minimum absolute atomic E-state index is 0.307. The SMILES string of the molecule is CCCC(O)CNc1ccc(Br)cc1N. The summed E-state index contributed by atoms with van der Waals surface area (Å²) in [6.45, 7) is 2.59. The van der Waals surface area contributed by atoms with Gasteiger partial charge in [-0.3, -0.25) is 0 Å². The molecular formula is C11H17BrN2O. The highest BCUT2D eigenvalue weighted by Gasteiger charge is 2.04. The van der Waals surface area contributed by atoms with Crippen LogP contribution in [0.2, 0.25) is 0 Å². The van der Waals surface area contributed by atoms with Crippen LogP contribution in [0.1, 0.15) is 19.8 Å². The predicted molar refractivity (Wildman–Crippen MR) is 68.0 cm³/mol. The van der Waals surface area contributed by atoms with Crippen LogP contribution in [-0.4, -0.2) is 17.8 Å². The topological polar surface area (TPSA) is 58.3 Å². The summed E-state index contributed by atoms with van der Waals surface area (Å²) in [5.74, 6) is 0. The molecule has 1 rings (SSSR count). The van der Waals surface area contributed by atoms with Crippen molar-refractivity contribution in [1.82, 2.24) is 0 Å². The first-order valence-electron chi connectivity index (χ1n) is 5.10. The van der Waals surface area contributed by atoms with Gasteiger partial charge in [0.05, 0.1) is 17.5 Å². The summed E-state index contributed by atoms with van der Waals surface area (Å²) >= 11 is 3.34. The number of benzene rings is 1. The maximum absolute atomic E-state index is 9.54. The highest BCUT2D eigenvalue weighted by molar-refractivity contribution is 9.10. The lowest BCUT2D eigenvalue weighted by molar-refractivity contribution is 0.176. The van der Waals surface area contributed by atoms with E-state index in [1.165, 1.54) is 0 Å². The van der Waals surface area contributed by atoms with Crippen molar-refractivity contribution >= 4 is 27.3 Å². The third kappa shape index (κ3) is 4.10. The van der Waals surface area contributed by atoms with Crippen molar-refractivity contribution in [2.45, 2.75) is 25.9 Å². The number of halogens is 1. The Morgan fingerprint density at radius 3 is 2.87 bits per heavy atom. The van der Waals surface area contributed by atoms with Gasteiger partial charge in [-0.05, 0) is 24.6 Å². The van der Waals surface area contributed by atoms with Crippen molar-refractivity contribution in [2.75, 3.05) is 17.6 Å². The van der Waals surface area contributed by atoms with Gasteiger partial charge in [0.1, 0.15) is 0 Å². The number of aliphatic hydroxyl groups is 1. The summed E-state index contributed by atoms with van der Waals surface area (Å²) in [5.41, 5.74) is 7.36. The highest BCUT2D eigenvalue weighted by Crippen LogP contribution is 2.22. The van der Waals surface area contributed by atoms with Crippen LogP contribution in [-0.2, 0) is 0 Å². The summed E-state index contributed by atoms with van der Waals surface area (Å²) in [6.07, 6.45) is 1.49. The molecule has 0 bridgehead atoms. The van der Waals surface area contributed by atoms with E-state index in [0.717, 1.165) is 23.0 Å². The molecule has 1 aromatic carbocycles. The fourth-order valence-electron chi connectivity index (χ4n) is 1.36. The average Bonchev–Trinajstić information content (AvgIpc) is 2.17. The molecule has 0 fully saturated rings. The Balaban J connectivity index is 2.50.